The lowest BCUT2D eigenvalue weighted by Crippen LogP contribution is -2.57. The Hall–Kier alpha value is -3.42. The molecule has 198 valence electrons. The fourth-order valence-electron chi connectivity index (χ4n) is 3.80. The number of aliphatic imine (C=N–C) groups is 1. The van der Waals surface area contributed by atoms with E-state index in [0.717, 1.165) is 0 Å². The second kappa shape index (κ2) is 14.1. The molecule has 14 heteroatoms. The zero-order valence-corrected chi connectivity index (χ0v) is 20.2. The standard InChI is InChI=1S/C21H38N8O6/c1-11(2)9-13(17(31)28-14(20(34)35)10-16(23)30)27-18(32)15-6-4-8-29(15)19(33)12(22)5-3-7-26-21(24)25/h11-15H,3-10,22H2,1-2H3,(H2,23,30)(H,27,32)(H,28,31)(H,34,35)(H4,24,25,26). The summed E-state index contributed by atoms with van der Waals surface area (Å²) in [6.45, 7) is 4.33. The Labute approximate surface area is 204 Å². The summed E-state index contributed by atoms with van der Waals surface area (Å²) in [6.07, 6.45) is 1.43. The van der Waals surface area contributed by atoms with Crippen LogP contribution in [0, 0.1) is 5.92 Å². The van der Waals surface area contributed by atoms with Crippen molar-refractivity contribution in [3.05, 3.63) is 0 Å². The monoisotopic (exact) mass is 498 g/mol. The molecule has 4 amide bonds. The smallest absolute Gasteiger partial charge is 0.326 e. The third-order valence-corrected chi connectivity index (χ3v) is 5.48. The van der Waals surface area contributed by atoms with Crippen molar-refractivity contribution in [2.24, 2.45) is 33.8 Å². The molecule has 35 heavy (non-hydrogen) atoms. The molecule has 0 aliphatic carbocycles. The Morgan fingerprint density at radius 2 is 1.74 bits per heavy atom. The first-order chi connectivity index (χ1) is 16.3. The largest absolute Gasteiger partial charge is 0.480 e. The van der Waals surface area contributed by atoms with Crippen LogP contribution in [0.4, 0.5) is 0 Å². The number of carboxylic acids is 1. The minimum Gasteiger partial charge on any atom is -0.480 e. The summed E-state index contributed by atoms with van der Waals surface area (Å²) in [5.41, 5.74) is 21.6. The maximum absolute atomic E-state index is 13.1. The van der Waals surface area contributed by atoms with E-state index in [2.05, 4.69) is 15.6 Å². The molecule has 1 rings (SSSR count). The van der Waals surface area contributed by atoms with Gasteiger partial charge in [-0.05, 0) is 38.0 Å². The Balaban J connectivity index is 2.85. The van der Waals surface area contributed by atoms with Gasteiger partial charge < -0.3 is 43.6 Å². The number of carbonyl (C=O) groups excluding carboxylic acids is 4. The minimum atomic E-state index is -1.52. The lowest BCUT2D eigenvalue weighted by molar-refractivity contribution is -0.144. The van der Waals surface area contributed by atoms with Gasteiger partial charge in [0.1, 0.15) is 18.1 Å². The van der Waals surface area contributed by atoms with Crippen LogP contribution in [0.2, 0.25) is 0 Å². The molecule has 0 radical (unpaired) electrons. The highest BCUT2D eigenvalue weighted by Crippen LogP contribution is 2.20. The van der Waals surface area contributed by atoms with E-state index >= 15 is 0 Å². The SMILES string of the molecule is CC(C)CC(NC(=O)C1CCCN1C(=O)C(N)CCCN=C(N)N)C(=O)NC(CC(N)=O)C(=O)O. The number of hydrogen-bond donors (Lipinski definition) is 7. The summed E-state index contributed by atoms with van der Waals surface area (Å²) < 4.78 is 0. The van der Waals surface area contributed by atoms with Crippen LogP contribution in [0.5, 0.6) is 0 Å². The molecule has 1 fully saturated rings. The number of carboxylic acid groups (broad SMARTS) is 1. The molecule has 1 aliphatic heterocycles. The first kappa shape index (κ1) is 29.6. The van der Waals surface area contributed by atoms with Crippen molar-refractivity contribution < 1.29 is 29.1 Å². The number of likely N-dealkylation sites (tertiary alicyclic amines) is 1. The van der Waals surface area contributed by atoms with Crippen LogP contribution in [0.1, 0.15) is 52.4 Å². The third-order valence-electron chi connectivity index (χ3n) is 5.48. The number of nitrogens with two attached hydrogens (primary N) is 4. The number of nitrogens with zero attached hydrogens (tertiary/aromatic N) is 2. The molecule has 4 unspecified atom stereocenters. The van der Waals surface area contributed by atoms with Gasteiger partial charge in [0, 0.05) is 13.1 Å². The van der Waals surface area contributed by atoms with Gasteiger partial charge in [-0.15, -0.1) is 0 Å². The van der Waals surface area contributed by atoms with Gasteiger partial charge in [-0.1, -0.05) is 13.8 Å². The number of aliphatic carboxylic acids is 1. The quantitative estimate of drug-likeness (QED) is 0.0748. The average molecular weight is 499 g/mol. The molecular weight excluding hydrogens is 460 g/mol. The maximum atomic E-state index is 13.1. The molecule has 4 atom stereocenters. The normalized spacial score (nSPS) is 17.8. The lowest BCUT2D eigenvalue weighted by Gasteiger charge is -2.29. The van der Waals surface area contributed by atoms with Gasteiger partial charge in [0.05, 0.1) is 12.5 Å². The molecule has 1 aliphatic rings. The predicted octanol–water partition coefficient (Wildman–Crippen LogP) is -2.67. The lowest BCUT2D eigenvalue weighted by atomic mass is 10.0. The molecule has 0 spiro atoms. The molecule has 0 aromatic heterocycles. The van der Waals surface area contributed by atoms with Crippen LogP contribution in [-0.4, -0.2) is 82.8 Å². The first-order valence-corrected chi connectivity index (χ1v) is 11.6. The van der Waals surface area contributed by atoms with E-state index in [1.807, 2.05) is 13.8 Å². The van der Waals surface area contributed by atoms with E-state index in [4.69, 9.17) is 22.9 Å². The summed E-state index contributed by atoms with van der Waals surface area (Å²) in [7, 11) is 0. The van der Waals surface area contributed by atoms with Gasteiger partial charge in [0.25, 0.3) is 0 Å². The minimum absolute atomic E-state index is 0.0228. The van der Waals surface area contributed by atoms with Crippen molar-refractivity contribution in [1.29, 1.82) is 0 Å². The molecule has 0 aromatic rings. The van der Waals surface area contributed by atoms with E-state index in [1.54, 1.807) is 0 Å². The maximum Gasteiger partial charge on any atom is 0.326 e. The number of guanidine groups is 1. The Morgan fingerprint density at radius 3 is 2.29 bits per heavy atom. The van der Waals surface area contributed by atoms with Gasteiger partial charge in [0.15, 0.2) is 5.96 Å². The third kappa shape index (κ3) is 10.2. The highest BCUT2D eigenvalue weighted by atomic mass is 16.4. The van der Waals surface area contributed by atoms with Gasteiger partial charge in [-0.3, -0.25) is 24.2 Å². The second-order valence-corrected chi connectivity index (χ2v) is 9.01. The van der Waals surface area contributed by atoms with Crippen LogP contribution < -0.4 is 33.6 Å². The van der Waals surface area contributed by atoms with E-state index in [1.165, 1.54) is 4.90 Å². The van der Waals surface area contributed by atoms with E-state index < -0.39 is 54.3 Å². The zero-order chi connectivity index (χ0) is 26.7. The number of rotatable bonds is 14. The van der Waals surface area contributed by atoms with Crippen LogP contribution >= 0.6 is 0 Å². The van der Waals surface area contributed by atoms with Gasteiger partial charge in [-0.25, -0.2) is 4.79 Å². The summed E-state index contributed by atoms with van der Waals surface area (Å²) in [5.74, 6) is -4.07. The fourth-order valence-corrected chi connectivity index (χ4v) is 3.80. The van der Waals surface area contributed by atoms with Crippen LogP contribution in [0.25, 0.3) is 0 Å². The highest BCUT2D eigenvalue weighted by Gasteiger charge is 2.38. The Bertz CT molecular complexity index is 814. The van der Waals surface area contributed by atoms with Crippen molar-refractivity contribution in [2.45, 2.75) is 76.5 Å². The van der Waals surface area contributed by atoms with E-state index in [9.17, 15) is 29.1 Å². The highest BCUT2D eigenvalue weighted by molar-refractivity contribution is 5.95. The van der Waals surface area contributed by atoms with E-state index in [-0.39, 0.29) is 24.2 Å². The molecule has 0 bridgehead atoms. The molecule has 1 heterocycles. The Kier molecular flexibility index (Phi) is 11.9. The molecular formula is C21H38N8O6. The van der Waals surface area contributed by atoms with Crippen molar-refractivity contribution in [2.75, 3.05) is 13.1 Å². The molecule has 11 N–H and O–H groups in total. The number of primary amides is 1. The molecule has 1 saturated heterocycles. The molecule has 14 nitrogen and oxygen atoms in total. The number of carbonyl (C=O) groups is 5. The second-order valence-electron chi connectivity index (χ2n) is 9.01. The number of hydrogen-bond acceptors (Lipinski definition) is 7. The number of amides is 4. The van der Waals surface area contributed by atoms with Crippen LogP contribution in [0.15, 0.2) is 4.99 Å². The zero-order valence-electron chi connectivity index (χ0n) is 20.2. The van der Waals surface area contributed by atoms with Crippen molar-refractivity contribution in [3.63, 3.8) is 0 Å². The van der Waals surface area contributed by atoms with E-state index in [0.29, 0.717) is 38.8 Å². The average Bonchev–Trinajstić information content (AvgIpc) is 3.24. The summed E-state index contributed by atoms with van der Waals surface area (Å²) in [5, 5.41) is 14.1. The Morgan fingerprint density at radius 1 is 1.09 bits per heavy atom. The summed E-state index contributed by atoms with van der Waals surface area (Å²) >= 11 is 0. The van der Waals surface area contributed by atoms with Crippen molar-refractivity contribution in [1.82, 2.24) is 15.5 Å². The van der Waals surface area contributed by atoms with Crippen molar-refractivity contribution in [3.8, 4) is 0 Å². The van der Waals surface area contributed by atoms with Crippen LogP contribution in [0.3, 0.4) is 0 Å². The number of nitrogens with one attached hydrogen (secondary N) is 2. The van der Waals surface area contributed by atoms with Crippen molar-refractivity contribution >= 4 is 35.6 Å². The fraction of sp³-hybridized carbons (Fsp3) is 0.714. The molecule has 0 aromatic carbocycles. The van der Waals surface area contributed by atoms with Gasteiger partial charge in [0.2, 0.25) is 23.6 Å². The van der Waals surface area contributed by atoms with Crippen LogP contribution in [-0.2, 0) is 24.0 Å². The predicted molar refractivity (Wildman–Crippen MR) is 127 cm³/mol. The summed E-state index contributed by atoms with van der Waals surface area (Å²) in [6, 6.07) is -4.23. The molecule has 0 saturated carbocycles. The van der Waals surface area contributed by atoms with Gasteiger partial charge >= 0.3 is 5.97 Å². The topological polar surface area (TPSA) is 249 Å². The first-order valence-electron chi connectivity index (χ1n) is 11.6. The summed E-state index contributed by atoms with van der Waals surface area (Å²) in [4.78, 5) is 66.4. The van der Waals surface area contributed by atoms with Gasteiger partial charge in [-0.2, -0.15) is 0 Å².